The zero-order valence-electron chi connectivity index (χ0n) is 13.7. The molecule has 0 aromatic heterocycles. The first-order valence-electron chi connectivity index (χ1n) is 9.21. The summed E-state index contributed by atoms with van der Waals surface area (Å²) in [5, 5.41) is 0.896. The van der Waals surface area contributed by atoms with E-state index >= 15 is 0 Å². The number of aryl methyl sites for hydroxylation is 1. The molecular weight excluding hydrogens is 290 g/mol. The average molecular weight is 318 g/mol. The summed E-state index contributed by atoms with van der Waals surface area (Å²) in [4.78, 5) is 2.84. The van der Waals surface area contributed by atoms with E-state index in [0.717, 1.165) is 28.8 Å². The standard InChI is InChI=1S/C20H28ClN/c1-14-2-6-18(21)13-19(14)16-8-10-22(11-9-16)20-7-4-15-3-5-17(20)12-15/h2,6,13,15-17,20H,3-5,7-12H2,1H3/t15-,17+,20?/m1/s1. The summed E-state index contributed by atoms with van der Waals surface area (Å²) in [5.41, 5.74) is 2.91. The molecular formula is C20H28ClN. The van der Waals surface area contributed by atoms with Crippen LogP contribution in [0.15, 0.2) is 18.2 Å². The van der Waals surface area contributed by atoms with Gasteiger partial charge in [0.05, 0.1) is 0 Å². The van der Waals surface area contributed by atoms with E-state index in [0.29, 0.717) is 0 Å². The Balaban J connectivity index is 1.41. The molecule has 22 heavy (non-hydrogen) atoms. The molecule has 0 amide bonds. The van der Waals surface area contributed by atoms with E-state index in [9.17, 15) is 0 Å². The van der Waals surface area contributed by atoms with Gasteiger partial charge in [0, 0.05) is 11.1 Å². The molecule has 2 saturated carbocycles. The fourth-order valence-electron chi connectivity index (χ4n) is 5.44. The Kier molecular flexibility index (Phi) is 4.21. The van der Waals surface area contributed by atoms with Gasteiger partial charge < -0.3 is 4.90 Å². The highest BCUT2D eigenvalue weighted by molar-refractivity contribution is 6.30. The first kappa shape index (κ1) is 15.0. The van der Waals surface area contributed by atoms with Gasteiger partial charge >= 0.3 is 0 Å². The topological polar surface area (TPSA) is 3.24 Å². The second-order valence-electron chi connectivity index (χ2n) is 7.90. The van der Waals surface area contributed by atoms with Crippen LogP contribution in [0.25, 0.3) is 0 Å². The zero-order valence-corrected chi connectivity index (χ0v) is 14.5. The van der Waals surface area contributed by atoms with E-state index in [2.05, 4.69) is 24.0 Å². The first-order valence-corrected chi connectivity index (χ1v) is 9.58. The molecule has 2 aliphatic carbocycles. The molecule has 2 heteroatoms. The first-order chi connectivity index (χ1) is 10.7. The van der Waals surface area contributed by atoms with Gasteiger partial charge in [-0.15, -0.1) is 0 Å². The van der Waals surface area contributed by atoms with Gasteiger partial charge in [-0.2, -0.15) is 0 Å². The summed E-state index contributed by atoms with van der Waals surface area (Å²) in [7, 11) is 0. The summed E-state index contributed by atoms with van der Waals surface area (Å²) in [6, 6.07) is 7.32. The molecule has 2 bridgehead atoms. The predicted octanol–water partition coefficient (Wildman–Crippen LogP) is 5.41. The van der Waals surface area contributed by atoms with Crippen molar-refractivity contribution in [2.24, 2.45) is 11.8 Å². The summed E-state index contributed by atoms with van der Waals surface area (Å²) in [5.74, 6) is 2.81. The smallest absolute Gasteiger partial charge is 0.0409 e. The van der Waals surface area contributed by atoms with Crippen LogP contribution in [0.3, 0.4) is 0 Å². The summed E-state index contributed by atoms with van der Waals surface area (Å²) in [6.45, 7) is 4.82. The third-order valence-corrected chi connectivity index (χ3v) is 6.91. The largest absolute Gasteiger partial charge is 0.300 e. The van der Waals surface area contributed by atoms with Gasteiger partial charge in [-0.25, -0.2) is 0 Å². The lowest BCUT2D eigenvalue weighted by atomic mass is 9.81. The van der Waals surface area contributed by atoms with Gasteiger partial charge in [0.15, 0.2) is 0 Å². The maximum absolute atomic E-state index is 6.22. The Bertz CT molecular complexity index is 533. The minimum atomic E-state index is 0.717. The Morgan fingerprint density at radius 3 is 2.59 bits per heavy atom. The Labute approximate surface area is 140 Å². The number of halogens is 1. The Hall–Kier alpha value is -0.530. The zero-order chi connectivity index (χ0) is 15.1. The molecule has 0 spiro atoms. The van der Waals surface area contributed by atoms with E-state index in [1.165, 1.54) is 69.2 Å². The Morgan fingerprint density at radius 1 is 1.00 bits per heavy atom. The second kappa shape index (κ2) is 6.17. The van der Waals surface area contributed by atoms with Gasteiger partial charge in [0.1, 0.15) is 0 Å². The third-order valence-electron chi connectivity index (χ3n) is 6.68. The molecule has 120 valence electrons. The number of likely N-dealkylation sites (tertiary alicyclic amines) is 1. The van der Waals surface area contributed by atoms with Gasteiger partial charge in [-0.1, -0.05) is 24.1 Å². The number of fused-ring (bicyclic) bond motifs is 2. The molecule has 1 aromatic rings. The predicted molar refractivity (Wildman–Crippen MR) is 93.6 cm³/mol. The molecule has 3 atom stereocenters. The molecule has 1 nitrogen and oxygen atoms in total. The molecule has 3 fully saturated rings. The maximum atomic E-state index is 6.22. The highest BCUT2D eigenvalue weighted by Gasteiger charge is 2.39. The fraction of sp³-hybridized carbons (Fsp3) is 0.700. The van der Waals surface area contributed by atoms with Crippen molar-refractivity contribution in [2.75, 3.05) is 13.1 Å². The summed E-state index contributed by atoms with van der Waals surface area (Å²) < 4.78 is 0. The van der Waals surface area contributed by atoms with Crippen LogP contribution in [0.4, 0.5) is 0 Å². The number of piperidine rings is 1. The number of hydrogen-bond donors (Lipinski definition) is 0. The van der Waals surface area contributed by atoms with Crippen LogP contribution < -0.4 is 0 Å². The molecule has 1 unspecified atom stereocenters. The van der Waals surface area contributed by atoms with Gasteiger partial charge in [-0.3, -0.25) is 0 Å². The van der Waals surface area contributed by atoms with Crippen LogP contribution in [0.5, 0.6) is 0 Å². The molecule has 0 radical (unpaired) electrons. The van der Waals surface area contributed by atoms with Gasteiger partial charge in [0.25, 0.3) is 0 Å². The maximum Gasteiger partial charge on any atom is 0.0409 e. The van der Waals surface area contributed by atoms with Crippen molar-refractivity contribution in [2.45, 2.75) is 63.8 Å². The van der Waals surface area contributed by atoms with Crippen LogP contribution in [0.2, 0.25) is 5.02 Å². The molecule has 1 aliphatic heterocycles. The number of benzene rings is 1. The van der Waals surface area contributed by atoms with E-state index < -0.39 is 0 Å². The van der Waals surface area contributed by atoms with Crippen molar-refractivity contribution >= 4 is 11.6 Å². The van der Waals surface area contributed by atoms with Crippen molar-refractivity contribution in [3.8, 4) is 0 Å². The van der Waals surface area contributed by atoms with Crippen LogP contribution in [0, 0.1) is 18.8 Å². The fourth-order valence-corrected chi connectivity index (χ4v) is 5.62. The van der Waals surface area contributed by atoms with Crippen molar-refractivity contribution in [1.29, 1.82) is 0 Å². The highest BCUT2D eigenvalue weighted by atomic mass is 35.5. The van der Waals surface area contributed by atoms with Crippen molar-refractivity contribution < 1.29 is 0 Å². The summed E-state index contributed by atoms with van der Waals surface area (Å²) in [6.07, 6.45) is 10.1. The van der Waals surface area contributed by atoms with Crippen LogP contribution in [0.1, 0.15) is 62.0 Å². The third kappa shape index (κ3) is 2.83. The number of rotatable bonds is 2. The molecule has 1 heterocycles. The monoisotopic (exact) mass is 317 g/mol. The minimum absolute atomic E-state index is 0.717. The molecule has 0 N–H and O–H groups in total. The van der Waals surface area contributed by atoms with E-state index in [1.54, 1.807) is 0 Å². The van der Waals surface area contributed by atoms with Gasteiger partial charge in [-0.05, 0) is 99.6 Å². The lowest BCUT2D eigenvalue weighted by Crippen LogP contribution is -2.45. The Morgan fingerprint density at radius 2 is 1.77 bits per heavy atom. The van der Waals surface area contributed by atoms with E-state index in [4.69, 9.17) is 11.6 Å². The quantitative estimate of drug-likeness (QED) is 0.705. The van der Waals surface area contributed by atoms with E-state index in [1.807, 2.05) is 6.07 Å². The molecule has 3 aliphatic rings. The SMILES string of the molecule is Cc1ccc(Cl)cc1C1CCN(C2CC[C@H]3CC[C@H]2C3)CC1. The molecule has 4 rings (SSSR count). The number of nitrogens with zero attached hydrogens (tertiary/aromatic N) is 1. The second-order valence-corrected chi connectivity index (χ2v) is 8.33. The van der Waals surface area contributed by atoms with E-state index in [-0.39, 0.29) is 0 Å². The lowest BCUT2D eigenvalue weighted by molar-refractivity contribution is 0.0840. The highest BCUT2D eigenvalue weighted by Crippen LogP contribution is 2.45. The lowest BCUT2D eigenvalue weighted by Gasteiger charge is -2.42. The van der Waals surface area contributed by atoms with Gasteiger partial charge in [0.2, 0.25) is 0 Å². The van der Waals surface area contributed by atoms with Crippen molar-refractivity contribution in [3.05, 3.63) is 34.3 Å². The molecule has 1 saturated heterocycles. The van der Waals surface area contributed by atoms with Crippen LogP contribution in [-0.4, -0.2) is 24.0 Å². The van der Waals surface area contributed by atoms with Crippen molar-refractivity contribution in [1.82, 2.24) is 4.90 Å². The molecule has 1 aromatic carbocycles. The van der Waals surface area contributed by atoms with Crippen LogP contribution >= 0.6 is 11.6 Å². The average Bonchev–Trinajstić information content (AvgIpc) is 2.91. The normalized spacial score (nSPS) is 33.3. The number of hydrogen-bond acceptors (Lipinski definition) is 1. The summed E-state index contributed by atoms with van der Waals surface area (Å²) >= 11 is 6.22. The van der Waals surface area contributed by atoms with Crippen LogP contribution in [-0.2, 0) is 0 Å². The minimum Gasteiger partial charge on any atom is -0.300 e. The van der Waals surface area contributed by atoms with Crippen molar-refractivity contribution in [3.63, 3.8) is 0 Å².